The Balaban J connectivity index is 1.80. The summed E-state index contributed by atoms with van der Waals surface area (Å²) in [5, 5.41) is 3.90. The van der Waals surface area contributed by atoms with E-state index in [1.54, 1.807) is 0 Å². The molecule has 0 aliphatic heterocycles. The lowest BCUT2D eigenvalue weighted by atomic mass is 9.95. The summed E-state index contributed by atoms with van der Waals surface area (Å²) in [4.78, 5) is 0. The molecule has 0 aromatic heterocycles. The largest absolute Gasteiger partial charge is 0.311 e. The minimum atomic E-state index is 0.582. The number of aryl methyl sites for hydroxylation is 1. The normalized spacial score (nSPS) is 24.5. The van der Waals surface area contributed by atoms with E-state index >= 15 is 0 Å². The van der Waals surface area contributed by atoms with Gasteiger partial charge < -0.3 is 5.32 Å². The van der Waals surface area contributed by atoms with Crippen LogP contribution in [0.5, 0.6) is 0 Å². The van der Waals surface area contributed by atoms with Crippen LogP contribution in [-0.4, -0.2) is 12.1 Å². The molecule has 2 rings (SSSR count). The van der Waals surface area contributed by atoms with Crippen LogP contribution in [0.25, 0.3) is 0 Å². The van der Waals surface area contributed by atoms with Gasteiger partial charge >= 0.3 is 0 Å². The highest BCUT2D eigenvalue weighted by Gasteiger charge is 2.19. The highest BCUT2D eigenvalue weighted by molar-refractivity contribution is 5.26. The fourth-order valence-electron chi connectivity index (χ4n) is 3.87. The molecule has 0 heterocycles. The maximum atomic E-state index is 3.90. The van der Waals surface area contributed by atoms with Crippen LogP contribution in [0.4, 0.5) is 0 Å². The molecule has 1 heteroatoms. The lowest BCUT2D eigenvalue weighted by molar-refractivity contribution is 0.388. The topological polar surface area (TPSA) is 12.0 Å². The van der Waals surface area contributed by atoms with Gasteiger partial charge in [-0.25, -0.2) is 0 Å². The van der Waals surface area contributed by atoms with E-state index < -0.39 is 0 Å². The van der Waals surface area contributed by atoms with Crippen molar-refractivity contribution in [3.63, 3.8) is 0 Å². The molecule has 1 nitrogen and oxygen atoms in total. The molecule has 0 bridgehead atoms. The zero-order valence-electron chi connectivity index (χ0n) is 14.2. The zero-order chi connectivity index (χ0) is 15.1. The van der Waals surface area contributed by atoms with Gasteiger partial charge in [-0.2, -0.15) is 0 Å². The first kappa shape index (κ1) is 16.5. The fraction of sp³-hybridized carbons (Fsp3) is 0.700. The second-order valence-electron chi connectivity index (χ2n) is 7.06. The summed E-state index contributed by atoms with van der Waals surface area (Å²) >= 11 is 0. The molecule has 0 spiro atoms. The van der Waals surface area contributed by atoms with Crippen molar-refractivity contribution in [2.75, 3.05) is 0 Å². The SMILES string of the molecule is CCCC1CCCC(NC(C)Cc2ccccc2C)CC1. The monoisotopic (exact) mass is 287 g/mol. The van der Waals surface area contributed by atoms with Crippen molar-refractivity contribution in [2.45, 2.75) is 84.2 Å². The Hall–Kier alpha value is -0.820. The van der Waals surface area contributed by atoms with Gasteiger partial charge in [0.15, 0.2) is 0 Å². The number of hydrogen-bond donors (Lipinski definition) is 1. The first-order chi connectivity index (χ1) is 10.2. The van der Waals surface area contributed by atoms with Crippen molar-refractivity contribution in [3.05, 3.63) is 35.4 Å². The minimum absolute atomic E-state index is 0.582. The standard InChI is InChI=1S/C20H33N/c1-4-8-18-10-7-12-20(14-13-18)21-17(3)15-19-11-6-5-9-16(19)2/h5-6,9,11,17-18,20-21H,4,7-8,10,12-15H2,1-3H3. The third-order valence-electron chi connectivity index (χ3n) is 5.09. The number of nitrogens with one attached hydrogen (secondary N) is 1. The van der Waals surface area contributed by atoms with Crippen LogP contribution in [-0.2, 0) is 6.42 Å². The van der Waals surface area contributed by atoms with E-state index in [1.165, 1.54) is 56.1 Å². The highest BCUT2D eigenvalue weighted by Crippen LogP contribution is 2.27. The maximum Gasteiger partial charge on any atom is 0.00818 e. The van der Waals surface area contributed by atoms with E-state index in [9.17, 15) is 0 Å². The Morgan fingerprint density at radius 1 is 1.14 bits per heavy atom. The van der Waals surface area contributed by atoms with E-state index in [0.29, 0.717) is 6.04 Å². The Morgan fingerprint density at radius 3 is 2.71 bits per heavy atom. The highest BCUT2D eigenvalue weighted by atomic mass is 14.9. The molecule has 0 saturated heterocycles. The second kappa shape index (κ2) is 8.58. The van der Waals surface area contributed by atoms with Gasteiger partial charge in [0.05, 0.1) is 0 Å². The average molecular weight is 287 g/mol. The van der Waals surface area contributed by atoms with Gasteiger partial charge in [-0.05, 0) is 56.6 Å². The van der Waals surface area contributed by atoms with Crippen LogP contribution in [0.3, 0.4) is 0 Å². The summed E-state index contributed by atoms with van der Waals surface area (Å²) in [6, 6.07) is 10.1. The smallest absolute Gasteiger partial charge is 0.00818 e. The summed E-state index contributed by atoms with van der Waals surface area (Å²) in [5.41, 5.74) is 2.92. The Labute approximate surface area is 131 Å². The third-order valence-corrected chi connectivity index (χ3v) is 5.09. The first-order valence-electron chi connectivity index (χ1n) is 8.99. The Bertz CT molecular complexity index is 412. The molecule has 21 heavy (non-hydrogen) atoms. The number of hydrogen-bond acceptors (Lipinski definition) is 1. The minimum Gasteiger partial charge on any atom is -0.311 e. The van der Waals surface area contributed by atoms with Gasteiger partial charge in [0.25, 0.3) is 0 Å². The predicted molar refractivity (Wildman–Crippen MR) is 92.8 cm³/mol. The molecule has 1 aliphatic carbocycles. The van der Waals surface area contributed by atoms with Crippen molar-refractivity contribution in [3.8, 4) is 0 Å². The van der Waals surface area contributed by atoms with Gasteiger partial charge in [0.2, 0.25) is 0 Å². The summed E-state index contributed by atoms with van der Waals surface area (Å²) in [6.45, 7) is 6.90. The first-order valence-corrected chi connectivity index (χ1v) is 8.99. The van der Waals surface area contributed by atoms with E-state index in [2.05, 4.69) is 50.4 Å². The lowest BCUT2D eigenvalue weighted by Crippen LogP contribution is -2.37. The van der Waals surface area contributed by atoms with Gasteiger partial charge in [0, 0.05) is 12.1 Å². The van der Waals surface area contributed by atoms with E-state index in [1.807, 2.05) is 0 Å². The number of benzene rings is 1. The van der Waals surface area contributed by atoms with E-state index in [0.717, 1.165) is 18.4 Å². The van der Waals surface area contributed by atoms with Crippen molar-refractivity contribution in [2.24, 2.45) is 5.92 Å². The average Bonchev–Trinajstić information content (AvgIpc) is 2.67. The number of rotatable bonds is 6. The molecule has 0 radical (unpaired) electrons. The van der Waals surface area contributed by atoms with Crippen LogP contribution in [0.1, 0.15) is 69.9 Å². The van der Waals surface area contributed by atoms with Crippen molar-refractivity contribution < 1.29 is 0 Å². The van der Waals surface area contributed by atoms with E-state index in [-0.39, 0.29) is 0 Å². The third kappa shape index (κ3) is 5.47. The fourth-order valence-corrected chi connectivity index (χ4v) is 3.87. The van der Waals surface area contributed by atoms with Crippen LogP contribution < -0.4 is 5.32 Å². The molecule has 118 valence electrons. The van der Waals surface area contributed by atoms with Crippen LogP contribution >= 0.6 is 0 Å². The summed E-state index contributed by atoms with van der Waals surface area (Å²) in [7, 11) is 0. The second-order valence-corrected chi connectivity index (χ2v) is 7.06. The molecule has 1 aliphatic rings. The molecule has 1 saturated carbocycles. The van der Waals surface area contributed by atoms with Crippen molar-refractivity contribution in [1.82, 2.24) is 5.32 Å². The van der Waals surface area contributed by atoms with E-state index in [4.69, 9.17) is 0 Å². The van der Waals surface area contributed by atoms with Crippen LogP contribution in [0.15, 0.2) is 24.3 Å². The zero-order valence-corrected chi connectivity index (χ0v) is 14.2. The molecule has 1 aromatic carbocycles. The lowest BCUT2D eigenvalue weighted by Gasteiger charge is -2.23. The molecular formula is C20H33N. The molecule has 1 N–H and O–H groups in total. The molecule has 3 unspecified atom stereocenters. The van der Waals surface area contributed by atoms with Gasteiger partial charge in [0.1, 0.15) is 0 Å². The molecule has 0 amide bonds. The van der Waals surface area contributed by atoms with Crippen molar-refractivity contribution in [1.29, 1.82) is 0 Å². The van der Waals surface area contributed by atoms with Gasteiger partial charge in [-0.15, -0.1) is 0 Å². The molecule has 1 aromatic rings. The predicted octanol–water partition coefficient (Wildman–Crippen LogP) is 5.26. The molecule has 3 atom stereocenters. The summed E-state index contributed by atoms with van der Waals surface area (Å²) in [6.07, 6.45) is 11.0. The van der Waals surface area contributed by atoms with Gasteiger partial charge in [-0.1, -0.05) is 56.9 Å². The quantitative estimate of drug-likeness (QED) is 0.703. The molecule has 1 fully saturated rings. The Morgan fingerprint density at radius 2 is 1.95 bits per heavy atom. The summed E-state index contributed by atoms with van der Waals surface area (Å²) < 4.78 is 0. The van der Waals surface area contributed by atoms with Gasteiger partial charge in [-0.3, -0.25) is 0 Å². The van der Waals surface area contributed by atoms with Crippen molar-refractivity contribution >= 4 is 0 Å². The maximum absolute atomic E-state index is 3.90. The Kier molecular flexibility index (Phi) is 6.76. The van der Waals surface area contributed by atoms with Crippen LogP contribution in [0, 0.1) is 12.8 Å². The summed E-state index contributed by atoms with van der Waals surface area (Å²) in [5.74, 6) is 0.994. The van der Waals surface area contributed by atoms with Crippen LogP contribution in [0.2, 0.25) is 0 Å². The molecular weight excluding hydrogens is 254 g/mol.